The fourth-order valence-electron chi connectivity index (χ4n) is 3.67. The molecule has 0 spiro atoms. The number of fused-ring (bicyclic) bond motifs is 1. The van der Waals surface area contributed by atoms with Gasteiger partial charge in [0.15, 0.2) is 0 Å². The summed E-state index contributed by atoms with van der Waals surface area (Å²) in [6.07, 6.45) is 4.53. The predicted octanol–water partition coefficient (Wildman–Crippen LogP) is 1.82. The Morgan fingerprint density at radius 3 is 3.05 bits per heavy atom. The second-order valence-electron chi connectivity index (χ2n) is 6.49. The van der Waals surface area contributed by atoms with Gasteiger partial charge in [-0.1, -0.05) is 24.3 Å². The molecule has 1 atom stereocenters. The van der Waals surface area contributed by atoms with E-state index < -0.39 is 0 Å². The molecule has 3 rings (SSSR count). The standard InChI is InChI=1S/C18H27N3O/c1-20(18(22)14-21-12-5-10-19-11-13-21)17-9-4-7-15-6-2-3-8-16(15)17/h2-3,6,8,17,19H,4-5,7,9-14H2,1H3. The number of rotatable bonds is 3. The Labute approximate surface area is 133 Å². The summed E-state index contributed by atoms with van der Waals surface area (Å²) in [7, 11) is 1.98. The molecule has 4 nitrogen and oxygen atoms in total. The topological polar surface area (TPSA) is 35.6 Å². The molecule has 22 heavy (non-hydrogen) atoms. The fourth-order valence-corrected chi connectivity index (χ4v) is 3.67. The number of amides is 1. The van der Waals surface area contributed by atoms with Crippen LogP contribution in [0.1, 0.15) is 36.4 Å². The zero-order valence-corrected chi connectivity index (χ0v) is 13.6. The Bertz CT molecular complexity index is 509. The van der Waals surface area contributed by atoms with E-state index in [2.05, 4.69) is 34.5 Å². The summed E-state index contributed by atoms with van der Waals surface area (Å²) in [4.78, 5) is 17.0. The quantitative estimate of drug-likeness (QED) is 0.925. The van der Waals surface area contributed by atoms with Crippen molar-refractivity contribution in [2.24, 2.45) is 0 Å². The Hall–Kier alpha value is -1.39. The minimum Gasteiger partial charge on any atom is -0.338 e. The van der Waals surface area contributed by atoms with Crippen LogP contribution in [0.4, 0.5) is 0 Å². The molecule has 4 heteroatoms. The van der Waals surface area contributed by atoms with E-state index >= 15 is 0 Å². The lowest BCUT2D eigenvalue weighted by Gasteiger charge is -2.34. The third-order valence-electron chi connectivity index (χ3n) is 4.99. The summed E-state index contributed by atoms with van der Waals surface area (Å²) in [5.41, 5.74) is 2.76. The van der Waals surface area contributed by atoms with Gasteiger partial charge in [-0.2, -0.15) is 0 Å². The summed E-state index contributed by atoms with van der Waals surface area (Å²) < 4.78 is 0. The second kappa shape index (κ2) is 7.25. The Balaban J connectivity index is 1.66. The minimum absolute atomic E-state index is 0.252. The molecule has 1 aromatic rings. The molecule has 1 N–H and O–H groups in total. The third kappa shape index (κ3) is 3.50. The maximum absolute atomic E-state index is 12.7. The molecule has 1 amide bonds. The number of benzene rings is 1. The summed E-state index contributed by atoms with van der Waals surface area (Å²) in [6, 6.07) is 8.85. The molecule has 1 heterocycles. The first-order chi connectivity index (χ1) is 10.8. The summed E-state index contributed by atoms with van der Waals surface area (Å²) in [6.45, 7) is 4.60. The molecule has 0 saturated carbocycles. The van der Waals surface area contributed by atoms with E-state index in [-0.39, 0.29) is 11.9 Å². The molecule has 1 aliphatic heterocycles. The van der Waals surface area contributed by atoms with Crippen LogP contribution < -0.4 is 5.32 Å². The number of carbonyl (C=O) groups excluding carboxylic acids is 1. The summed E-state index contributed by atoms with van der Waals surface area (Å²) >= 11 is 0. The Morgan fingerprint density at radius 2 is 2.14 bits per heavy atom. The van der Waals surface area contributed by atoms with Gasteiger partial charge in [-0.3, -0.25) is 9.69 Å². The zero-order chi connectivity index (χ0) is 15.4. The highest BCUT2D eigenvalue weighted by Crippen LogP contribution is 2.33. The predicted molar refractivity (Wildman–Crippen MR) is 88.8 cm³/mol. The maximum Gasteiger partial charge on any atom is 0.237 e. The van der Waals surface area contributed by atoms with Crippen molar-refractivity contribution in [2.45, 2.75) is 31.7 Å². The number of aryl methyl sites for hydroxylation is 1. The number of nitrogens with one attached hydrogen (secondary N) is 1. The SMILES string of the molecule is CN(C(=O)CN1CCCNCC1)C1CCCc2ccccc21. The maximum atomic E-state index is 12.7. The van der Waals surface area contributed by atoms with E-state index in [1.807, 2.05) is 11.9 Å². The van der Waals surface area contributed by atoms with Gasteiger partial charge in [0.05, 0.1) is 12.6 Å². The normalized spacial score (nSPS) is 22.7. The highest BCUT2D eigenvalue weighted by Gasteiger charge is 2.27. The van der Waals surface area contributed by atoms with Gasteiger partial charge in [0, 0.05) is 20.1 Å². The van der Waals surface area contributed by atoms with Crippen LogP contribution in [0.15, 0.2) is 24.3 Å². The van der Waals surface area contributed by atoms with Crippen LogP contribution in [-0.4, -0.2) is 55.5 Å². The van der Waals surface area contributed by atoms with Crippen LogP contribution in [0, 0.1) is 0 Å². The van der Waals surface area contributed by atoms with Crippen LogP contribution in [0.25, 0.3) is 0 Å². The highest BCUT2D eigenvalue weighted by molar-refractivity contribution is 5.78. The lowest BCUT2D eigenvalue weighted by molar-refractivity contribution is -0.133. The van der Waals surface area contributed by atoms with Crippen molar-refractivity contribution in [3.05, 3.63) is 35.4 Å². The van der Waals surface area contributed by atoms with E-state index in [0.717, 1.165) is 45.4 Å². The first-order valence-electron chi connectivity index (χ1n) is 8.52. The molecule has 0 radical (unpaired) electrons. The van der Waals surface area contributed by atoms with Gasteiger partial charge in [-0.25, -0.2) is 0 Å². The first kappa shape index (κ1) is 15.5. The van der Waals surface area contributed by atoms with Crippen molar-refractivity contribution in [1.29, 1.82) is 0 Å². The molecule has 1 aliphatic carbocycles. The molecule has 1 fully saturated rings. The monoisotopic (exact) mass is 301 g/mol. The summed E-state index contributed by atoms with van der Waals surface area (Å²) in [5, 5.41) is 3.39. The van der Waals surface area contributed by atoms with E-state index in [4.69, 9.17) is 0 Å². The van der Waals surface area contributed by atoms with Gasteiger partial charge < -0.3 is 10.2 Å². The molecular formula is C18H27N3O. The smallest absolute Gasteiger partial charge is 0.237 e. The van der Waals surface area contributed by atoms with Crippen LogP contribution in [0.3, 0.4) is 0 Å². The van der Waals surface area contributed by atoms with Crippen molar-refractivity contribution in [3.63, 3.8) is 0 Å². The molecule has 1 unspecified atom stereocenters. The summed E-state index contributed by atoms with van der Waals surface area (Å²) in [5.74, 6) is 0.253. The zero-order valence-electron chi connectivity index (χ0n) is 13.6. The van der Waals surface area contributed by atoms with Gasteiger partial charge in [0.25, 0.3) is 0 Å². The average molecular weight is 301 g/mol. The van der Waals surface area contributed by atoms with Gasteiger partial charge in [-0.05, 0) is 49.9 Å². The van der Waals surface area contributed by atoms with Crippen LogP contribution in [-0.2, 0) is 11.2 Å². The Kier molecular flexibility index (Phi) is 5.11. The van der Waals surface area contributed by atoms with Gasteiger partial charge >= 0.3 is 0 Å². The Morgan fingerprint density at radius 1 is 1.27 bits per heavy atom. The lowest BCUT2D eigenvalue weighted by Crippen LogP contribution is -2.42. The van der Waals surface area contributed by atoms with E-state index in [0.29, 0.717) is 6.54 Å². The molecule has 2 aliphatic rings. The lowest BCUT2D eigenvalue weighted by atomic mass is 9.87. The number of hydrogen-bond donors (Lipinski definition) is 1. The van der Waals surface area contributed by atoms with Crippen LogP contribution in [0.2, 0.25) is 0 Å². The highest BCUT2D eigenvalue weighted by atomic mass is 16.2. The largest absolute Gasteiger partial charge is 0.338 e. The third-order valence-corrected chi connectivity index (χ3v) is 4.99. The number of likely N-dealkylation sites (N-methyl/N-ethyl adjacent to an activating group) is 1. The van der Waals surface area contributed by atoms with E-state index in [1.54, 1.807) is 0 Å². The number of carbonyl (C=O) groups is 1. The minimum atomic E-state index is 0.252. The molecule has 0 aromatic heterocycles. The van der Waals surface area contributed by atoms with Crippen molar-refractivity contribution in [3.8, 4) is 0 Å². The number of nitrogens with zero attached hydrogens (tertiary/aromatic N) is 2. The average Bonchev–Trinajstić information content (AvgIpc) is 2.82. The van der Waals surface area contributed by atoms with Crippen LogP contribution >= 0.6 is 0 Å². The molecule has 120 valence electrons. The van der Waals surface area contributed by atoms with Crippen molar-refractivity contribution >= 4 is 5.91 Å². The van der Waals surface area contributed by atoms with Crippen LogP contribution in [0.5, 0.6) is 0 Å². The first-order valence-corrected chi connectivity index (χ1v) is 8.52. The van der Waals surface area contributed by atoms with Crippen molar-refractivity contribution in [1.82, 2.24) is 15.1 Å². The van der Waals surface area contributed by atoms with Gasteiger partial charge in [-0.15, -0.1) is 0 Å². The van der Waals surface area contributed by atoms with Gasteiger partial charge in [0.2, 0.25) is 5.91 Å². The molecular weight excluding hydrogens is 274 g/mol. The van der Waals surface area contributed by atoms with Crippen molar-refractivity contribution < 1.29 is 4.79 Å². The van der Waals surface area contributed by atoms with E-state index in [9.17, 15) is 4.79 Å². The molecule has 1 saturated heterocycles. The van der Waals surface area contributed by atoms with E-state index in [1.165, 1.54) is 17.5 Å². The van der Waals surface area contributed by atoms with Gasteiger partial charge in [0.1, 0.15) is 0 Å². The van der Waals surface area contributed by atoms with Crippen molar-refractivity contribution in [2.75, 3.05) is 39.8 Å². The molecule has 1 aromatic carbocycles. The number of hydrogen-bond acceptors (Lipinski definition) is 3. The second-order valence-corrected chi connectivity index (χ2v) is 6.49. The fraction of sp³-hybridized carbons (Fsp3) is 0.611. The molecule has 0 bridgehead atoms.